The summed E-state index contributed by atoms with van der Waals surface area (Å²) in [5.74, 6) is 2.72. The van der Waals surface area contributed by atoms with Crippen molar-refractivity contribution in [2.45, 2.75) is 18.4 Å². The van der Waals surface area contributed by atoms with Crippen molar-refractivity contribution >= 4 is 15.9 Å². The molecule has 0 unspecified atom stereocenters. The third-order valence-corrected chi connectivity index (χ3v) is 8.42. The first-order valence-electron chi connectivity index (χ1n) is 12.5. The highest BCUT2D eigenvalue weighted by Gasteiger charge is 2.33. The van der Waals surface area contributed by atoms with Crippen molar-refractivity contribution in [2.75, 3.05) is 45.3 Å². The fourth-order valence-corrected chi connectivity index (χ4v) is 5.91. The monoisotopic (exact) mass is 564 g/mol. The molecule has 1 fully saturated rings. The largest absolute Gasteiger partial charge is 0.497 e. The van der Waals surface area contributed by atoms with Gasteiger partial charge in [0.25, 0.3) is 5.89 Å². The number of piperazine rings is 1. The van der Waals surface area contributed by atoms with Crippen molar-refractivity contribution in [1.82, 2.24) is 9.29 Å². The fourth-order valence-electron chi connectivity index (χ4n) is 4.32. The van der Waals surface area contributed by atoms with Crippen LogP contribution in [-0.2, 0) is 16.6 Å². The lowest BCUT2D eigenvalue weighted by Gasteiger charge is -2.33. The molecule has 2 aromatic heterocycles. The number of hydrogen-bond acceptors (Lipinski definition) is 10. The fraction of sp³-hybridized carbons (Fsp3) is 0.286. The molecule has 1 aliphatic heterocycles. The molecule has 1 saturated heterocycles. The Hall–Kier alpha value is -4.47. The zero-order valence-electron chi connectivity index (χ0n) is 22.3. The number of nitriles is 1. The van der Waals surface area contributed by atoms with E-state index >= 15 is 0 Å². The van der Waals surface area contributed by atoms with Gasteiger partial charge >= 0.3 is 0 Å². The Morgan fingerprint density at radius 1 is 0.950 bits per heavy atom. The Kier molecular flexibility index (Phi) is 7.68. The maximum atomic E-state index is 13.4. The summed E-state index contributed by atoms with van der Waals surface area (Å²) in [7, 11) is -0.968. The first-order valence-corrected chi connectivity index (χ1v) is 13.9. The molecule has 1 aliphatic rings. The van der Waals surface area contributed by atoms with Gasteiger partial charge in [-0.25, -0.2) is 8.42 Å². The van der Waals surface area contributed by atoms with Gasteiger partial charge in [0, 0.05) is 32.2 Å². The highest BCUT2D eigenvalue weighted by atomic mass is 32.2. The first-order chi connectivity index (χ1) is 19.3. The minimum absolute atomic E-state index is 0.0300. The van der Waals surface area contributed by atoms with E-state index < -0.39 is 10.0 Å². The average Bonchev–Trinajstić information content (AvgIpc) is 3.64. The van der Waals surface area contributed by atoms with Crippen LogP contribution in [0.5, 0.6) is 17.2 Å². The van der Waals surface area contributed by atoms with E-state index in [1.165, 1.54) is 24.6 Å². The zero-order valence-corrected chi connectivity index (χ0v) is 23.1. The van der Waals surface area contributed by atoms with E-state index in [9.17, 15) is 13.7 Å². The molecule has 0 aliphatic carbocycles. The number of anilines is 1. The van der Waals surface area contributed by atoms with Gasteiger partial charge in [-0.3, -0.25) is 0 Å². The summed E-state index contributed by atoms with van der Waals surface area (Å²) in [4.78, 5) is 6.14. The molecule has 3 heterocycles. The minimum atomic E-state index is -3.86. The molecule has 0 bridgehead atoms. The number of hydrogen-bond donors (Lipinski definition) is 0. The molecular formula is C28H28N4O7S. The Labute approximate surface area is 232 Å². The molecule has 2 aromatic carbocycles. The Balaban J connectivity index is 1.28. The van der Waals surface area contributed by atoms with E-state index in [2.05, 4.69) is 11.1 Å². The predicted octanol–water partition coefficient (Wildman–Crippen LogP) is 4.22. The number of oxazole rings is 1. The van der Waals surface area contributed by atoms with Crippen LogP contribution >= 0.6 is 0 Å². The summed E-state index contributed by atoms with van der Waals surface area (Å²) < 4.78 is 56.2. The number of nitrogens with zero attached hydrogens (tertiary/aromatic N) is 4. The Bertz CT molecular complexity index is 1630. The second-order valence-corrected chi connectivity index (χ2v) is 11.0. The van der Waals surface area contributed by atoms with Crippen molar-refractivity contribution in [1.29, 1.82) is 5.26 Å². The number of aryl methyl sites for hydroxylation is 1. The average molecular weight is 565 g/mol. The molecule has 12 heteroatoms. The molecule has 0 N–H and O–H groups in total. The van der Waals surface area contributed by atoms with E-state index in [-0.39, 0.29) is 47.8 Å². The van der Waals surface area contributed by atoms with Gasteiger partial charge in [0.2, 0.25) is 21.6 Å². The van der Waals surface area contributed by atoms with Gasteiger partial charge in [-0.05, 0) is 43.3 Å². The van der Waals surface area contributed by atoms with Crippen LogP contribution in [0.1, 0.15) is 17.0 Å². The molecule has 5 rings (SSSR count). The van der Waals surface area contributed by atoms with E-state index in [4.69, 9.17) is 23.0 Å². The molecule has 40 heavy (non-hydrogen) atoms. The van der Waals surface area contributed by atoms with Crippen molar-refractivity contribution in [3.8, 4) is 35.0 Å². The van der Waals surface area contributed by atoms with Crippen molar-refractivity contribution in [3.63, 3.8) is 0 Å². The van der Waals surface area contributed by atoms with Crippen molar-refractivity contribution in [2.24, 2.45) is 0 Å². The molecule has 0 radical (unpaired) electrons. The molecular weight excluding hydrogens is 536 g/mol. The topological polar surface area (TPSA) is 131 Å². The SMILES string of the molecule is COc1ccc(OC)c(S(=O)(=O)N2CCN(c3oc(-c4ccc(COc5ccc(C)cc5)o4)nc3C#N)CC2)c1. The molecule has 208 valence electrons. The van der Waals surface area contributed by atoms with Gasteiger partial charge in [-0.15, -0.1) is 0 Å². The zero-order chi connectivity index (χ0) is 28.3. The maximum Gasteiger partial charge on any atom is 0.266 e. The normalized spacial score (nSPS) is 14.1. The highest BCUT2D eigenvalue weighted by molar-refractivity contribution is 7.89. The second-order valence-electron chi connectivity index (χ2n) is 9.06. The van der Waals surface area contributed by atoms with Crippen LogP contribution < -0.4 is 19.1 Å². The number of furan rings is 1. The third kappa shape index (κ3) is 5.47. The van der Waals surface area contributed by atoms with Gasteiger partial charge < -0.3 is 27.9 Å². The number of aromatic nitrogens is 1. The first kappa shape index (κ1) is 27.1. The molecule has 0 saturated carbocycles. The van der Waals surface area contributed by atoms with Crippen LogP contribution in [0.3, 0.4) is 0 Å². The van der Waals surface area contributed by atoms with Crippen LogP contribution in [0, 0.1) is 18.3 Å². The Morgan fingerprint density at radius 2 is 1.68 bits per heavy atom. The third-order valence-electron chi connectivity index (χ3n) is 6.50. The predicted molar refractivity (Wildman–Crippen MR) is 145 cm³/mol. The molecule has 0 amide bonds. The standard InChI is InChI=1S/C28H28N4O7S/c1-19-4-6-20(7-5-19)37-18-22-9-11-25(38-22)27-30-23(17-29)28(39-27)31-12-14-32(15-13-31)40(33,34)26-16-21(35-2)8-10-24(26)36-3/h4-11,16H,12-15,18H2,1-3H3. The summed E-state index contributed by atoms with van der Waals surface area (Å²) >= 11 is 0. The summed E-state index contributed by atoms with van der Waals surface area (Å²) in [5.41, 5.74) is 1.23. The van der Waals surface area contributed by atoms with Crippen LogP contribution in [0.4, 0.5) is 5.88 Å². The van der Waals surface area contributed by atoms with Crippen LogP contribution in [-0.4, -0.2) is 58.1 Å². The van der Waals surface area contributed by atoms with Gasteiger partial charge in [-0.1, -0.05) is 17.7 Å². The van der Waals surface area contributed by atoms with Gasteiger partial charge in [0.15, 0.2) is 5.76 Å². The number of ether oxygens (including phenoxy) is 3. The summed E-state index contributed by atoms with van der Waals surface area (Å²) in [5, 5.41) is 9.70. The molecule has 0 atom stereocenters. The molecule has 4 aromatic rings. The smallest absolute Gasteiger partial charge is 0.266 e. The number of rotatable bonds is 9. The minimum Gasteiger partial charge on any atom is -0.497 e. The number of methoxy groups -OCH3 is 2. The van der Waals surface area contributed by atoms with Crippen molar-refractivity contribution < 1.29 is 31.5 Å². The van der Waals surface area contributed by atoms with E-state index in [1.54, 1.807) is 29.2 Å². The van der Waals surface area contributed by atoms with Crippen LogP contribution in [0.25, 0.3) is 11.7 Å². The summed E-state index contributed by atoms with van der Waals surface area (Å²) in [6, 6.07) is 17.9. The van der Waals surface area contributed by atoms with E-state index in [1.807, 2.05) is 31.2 Å². The summed E-state index contributed by atoms with van der Waals surface area (Å²) in [6.45, 7) is 3.15. The van der Waals surface area contributed by atoms with Gasteiger partial charge in [0.1, 0.15) is 40.6 Å². The van der Waals surface area contributed by atoms with Crippen molar-refractivity contribution in [3.05, 3.63) is 71.6 Å². The summed E-state index contributed by atoms with van der Waals surface area (Å²) in [6.07, 6.45) is 0. The Morgan fingerprint density at radius 3 is 2.35 bits per heavy atom. The number of sulfonamides is 1. The maximum absolute atomic E-state index is 13.4. The lowest BCUT2D eigenvalue weighted by atomic mass is 10.2. The van der Waals surface area contributed by atoms with Crippen LogP contribution in [0.15, 0.2) is 68.3 Å². The van der Waals surface area contributed by atoms with E-state index in [0.29, 0.717) is 30.4 Å². The quantitative estimate of drug-likeness (QED) is 0.291. The number of benzene rings is 2. The second kappa shape index (κ2) is 11.3. The lowest BCUT2D eigenvalue weighted by molar-refractivity contribution is 0.271. The molecule has 11 nitrogen and oxygen atoms in total. The van der Waals surface area contributed by atoms with Crippen LogP contribution in [0.2, 0.25) is 0 Å². The molecule has 0 spiro atoms. The van der Waals surface area contributed by atoms with Gasteiger partial charge in [0.05, 0.1) is 14.2 Å². The highest BCUT2D eigenvalue weighted by Crippen LogP contribution is 2.33. The lowest BCUT2D eigenvalue weighted by Crippen LogP contribution is -2.48. The van der Waals surface area contributed by atoms with E-state index in [0.717, 1.165) is 11.3 Å². The van der Waals surface area contributed by atoms with Gasteiger partial charge in [-0.2, -0.15) is 14.6 Å².